The van der Waals surface area contributed by atoms with Crippen molar-refractivity contribution in [2.75, 3.05) is 6.54 Å². The topological polar surface area (TPSA) is 12.0 Å². The number of thiophene rings is 1. The Bertz CT molecular complexity index is 314. The highest BCUT2D eigenvalue weighted by atomic mass is 32.1. The molecule has 2 rings (SSSR count). The van der Waals surface area contributed by atoms with Gasteiger partial charge in [0.1, 0.15) is 0 Å². The van der Waals surface area contributed by atoms with Gasteiger partial charge in [0.25, 0.3) is 0 Å². The van der Waals surface area contributed by atoms with E-state index in [0.29, 0.717) is 0 Å². The van der Waals surface area contributed by atoms with Crippen LogP contribution < -0.4 is 5.32 Å². The summed E-state index contributed by atoms with van der Waals surface area (Å²) in [5.74, 6) is 0.855. The molecule has 90 valence electrons. The summed E-state index contributed by atoms with van der Waals surface area (Å²) in [6, 6.07) is 5.39. The van der Waals surface area contributed by atoms with Crippen LogP contribution in [0.4, 0.5) is 0 Å². The van der Waals surface area contributed by atoms with Crippen molar-refractivity contribution in [1.82, 2.24) is 5.32 Å². The Morgan fingerprint density at radius 3 is 2.81 bits per heavy atom. The molecule has 1 atom stereocenters. The quantitative estimate of drug-likeness (QED) is 0.761. The molecule has 1 unspecified atom stereocenters. The zero-order valence-corrected chi connectivity index (χ0v) is 11.3. The van der Waals surface area contributed by atoms with Gasteiger partial charge in [-0.1, -0.05) is 6.92 Å². The highest BCUT2D eigenvalue weighted by Crippen LogP contribution is 2.21. The van der Waals surface area contributed by atoms with E-state index in [1.807, 2.05) is 11.3 Å². The fourth-order valence-electron chi connectivity index (χ4n) is 1.97. The van der Waals surface area contributed by atoms with Gasteiger partial charge in [0.15, 0.2) is 0 Å². The lowest BCUT2D eigenvalue weighted by molar-refractivity contribution is 0.470. The number of hydrogen-bond donors (Lipinski definition) is 1. The van der Waals surface area contributed by atoms with Crippen LogP contribution in [0.2, 0.25) is 0 Å². The van der Waals surface area contributed by atoms with Crippen molar-refractivity contribution in [3.63, 3.8) is 0 Å². The van der Waals surface area contributed by atoms with Crippen LogP contribution in [0.5, 0.6) is 0 Å². The highest BCUT2D eigenvalue weighted by Gasteiger charge is 2.19. The second-order valence-corrected chi connectivity index (χ2v) is 6.55. The van der Waals surface area contributed by atoms with Crippen molar-refractivity contribution in [3.05, 3.63) is 21.9 Å². The van der Waals surface area contributed by atoms with Crippen molar-refractivity contribution in [3.8, 4) is 0 Å². The minimum absolute atomic E-state index is 0.855. The van der Waals surface area contributed by atoms with Gasteiger partial charge in [-0.3, -0.25) is 0 Å². The van der Waals surface area contributed by atoms with E-state index in [0.717, 1.165) is 12.0 Å². The van der Waals surface area contributed by atoms with Gasteiger partial charge >= 0.3 is 0 Å². The predicted octanol–water partition coefficient (Wildman–Crippen LogP) is 3.77. The molecule has 1 aromatic heterocycles. The Kier molecular flexibility index (Phi) is 4.42. The van der Waals surface area contributed by atoms with E-state index in [9.17, 15) is 0 Å². The summed E-state index contributed by atoms with van der Waals surface area (Å²) in [6.45, 7) is 5.79. The molecule has 0 aromatic carbocycles. The molecule has 16 heavy (non-hydrogen) atoms. The van der Waals surface area contributed by atoms with Crippen molar-refractivity contribution in [1.29, 1.82) is 0 Å². The molecule has 1 heterocycles. The van der Waals surface area contributed by atoms with Gasteiger partial charge in [0.2, 0.25) is 0 Å². The molecule has 2 heteroatoms. The lowest BCUT2D eigenvalue weighted by Gasteiger charge is -2.10. The molecular formula is C14H23NS. The summed E-state index contributed by atoms with van der Waals surface area (Å²) in [6.07, 6.45) is 6.75. The van der Waals surface area contributed by atoms with Crippen LogP contribution in [0.3, 0.4) is 0 Å². The monoisotopic (exact) mass is 237 g/mol. The minimum atomic E-state index is 0.855. The van der Waals surface area contributed by atoms with Crippen LogP contribution in [-0.2, 0) is 6.42 Å². The van der Waals surface area contributed by atoms with Gasteiger partial charge in [0, 0.05) is 15.8 Å². The molecular weight excluding hydrogens is 214 g/mol. The molecule has 1 fully saturated rings. The van der Waals surface area contributed by atoms with Crippen LogP contribution in [0.25, 0.3) is 0 Å². The van der Waals surface area contributed by atoms with Gasteiger partial charge in [-0.2, -0.15) is 0 Å². The van der Waals surface area contributed by atoms with Crippen LogP contribution >= 0.6 is 11.3 Å². The first-order valence-electron chi connectivity index (χ1n) is 6.53. The molecule has 0 aliphatic heterocycles. The number of rotatable bonds is 7. The standard InChI is InChI=1S/C14H23NS/c1-11(9-10-15-13-5-6-13)3-7-14-8-4-12(2)16-14/h4,8,11,13,15H,3,5-7,9-10H2,1-2H3. The Hall–Kier alpha value is -0.340. The van der Waals surface area contributed by atoms with Crippen molar-refractivity contribution in [2.45, 2.75) is 52.0 Å². The molecule has 0 amide bonds. The van der Waals surface area contributed by atoms with Gasteiger partial charge in [0.05, 0.1) is 0 Å². The van der Waals surface area contributed by atoms with E-state index in [1.165, 1.54) is 43.5 Å². The molecule has 1 saturated carbocycles. The average molecular weight is 237 g/mol. The maximum atomic E-state index is 3.59. The van der Waals surface area contributed by atoms with Crippen molar-refractivity contribution in [2.24, 2.45) is 5.92 Å². The summed E-state index contributed by atoms with van der Waals surface area (Å²) < 4.78 is 0. The first-order valence-corrected chi connectivity index (χ1v) is 7.34. The fourth-order valence-corrected chi connectivity index (χ4v) is 2.88. The fraction of sp³-hybridized carbons (Fsp3) is 0.714. The number of aryl methyl sites for hydroxylation is 2. The molecule has 1 aromatic rings. The summed E-state index contributed by atoms with van der Waals surface area (Å²) >= 11 is 1.95. The Balaban J connectivity index is 1.57. The third-order valence-electron chi connectivity index (χ3n) is 3.33. The van der Waals surface area contributed by atoms with Crippen LogP contribution in [0.1, 0.15) is 42.4 Å². The third kappa shape index (κ3) is 4.26. The molecule has 0 spiro atoms. The smallest absolute Gasteiger partial charge is 0.00682 e. The van der Waals surface area contributed by atoms with Gasteiger partial charge in [-0.25, -0.2) is 0 Å². The average Bonchev–Trinajstić information content (AvgIpc) is 2.98. The SMILES string of the molecule is Cc1ccc(CCC(C)CCNC2CC2)s1. The molecule has 1 nitrogen and oxygen atoms in total. The molecule has 0 bridgehead atoms. The second-order valence-electron chi connectivity index (χ2n) is 5.17. The van der Waals surface area contributed by atoms with Crippen LogP contribution in [0.15, 0.2) is 12.1 Å². The maximum absolute atomic E-state index is 3.59. The summed E-state index contributed by atoms with van der Waals surface area (Å²) in [5, 5.41) is 3.59. The summed E-state index contributed by atoms with van der Waals surface area (Å²) in [4.78, 5) is 3.00. The van der Waals surface area contributed by atoms with E-state index in [1.54, 1.807) is 4.88 Å². The predicted molar refractivity (Wildman–Crippen MR) is 72.2 cm³/mol. The van der Waals surface area contributed by atoms with Crippen LogP contribution in [-0.4, -0.2) is 12.6 Å². The normalized spacial score (nSPS) is 17.6. The molecule has 1 aliphatic carbocycles. The van der Waals surface area contributed by atoms with E-state index in [4.69, 9.17) is 0 Å². The molecule has 0 radical (unpaired) electrons. The number of hydrogen-bond acceptors (Lipinski definition) is 2. The Morgan fingerprint density at radius 1 is 1.38 bits per heavy atom. The molecule has 1 aliphatic rings. The highest BCUT2D eigenvalue weighted by molar-refractivity contribution is 7.11. The Labute approximate surface area is 103 Å². The molecule has 0 saturated heterocycles. The maximum Gasteiger partial charge on any atom is 0.00682 e. The first-order chi connectivity index (χ1) is 7.74. The largest absolute Gasteiger partial charge is 0.314 e. The first kappa shape index (κ1) is 12.1. The van der Waals surface area contributed by atoms with E-state index in [2.05, 4.69) is 31.3 Å². The van der Waals surface area contributed by atoms with Crippen molar-refractivity contribution < 1.29 is 0 Å². The lowest BCUT2D eigenvalue weighted by Crippen LogP contribution is -2.19. The number of nitrogens with one attached hydrogen (secondary N) is 1. The zero-order valence-electron chi connectivity index (χ0n) is 10.5. The summed E-state index contributed by atoms with van der Waals surface area (Å²) in [7, 11) is 0. The lowest BCUT2D eigenvalue weighted by atomic mass is 10.0. The zero-order chi connectivity index (χ0) is 11.4. The van der Waals surface area contributed by atoms with Gasteiger partial charge < -0.3 is 5.32 Å². The summed E-state index contributed by atoms with van der Waals surface area (Å²) in [5.41, 5.74) is 0. The second kappa shape index (κ2) is 5.83. The Morgan fingerprint density at radius 2 is 2.19 bits per heavy atom. The van der Waals surface area contributed by atoms with Gasteiger partial charge in [-0.05, 0) is 63.6 Å². The van der Waals surface area contributed by atoms with E-state index >= 15 is 0 Å². The van der Waals surface area contributed by atoms with E-state index < -0.39 is 0 Å². The third-order valence-corrected chi connectivity index (χ3v) is 4.39. The van der Waals surface area contributed by atoms with Crippen LogP contribution in [0, 0.1) is 12.8 Å². The van der Waals surface area contributed by atoms with Crippen molar-refractivity contribution >= 4 is 11.3 Å². The van der Waals surface area contributed by atoms with E-state index in [-0.39, 0.29) is 0 Å². The minimum Gasteiger partial charge on any atom is -0.314 e. The molecule has 1 N–H and O–H groups in total. The van der Waals surface area contributed by atoms with Gasteiger partial charge in [-0.15, -0.1) is 11.3 Å².